The number of nitrogens with zero attached hydrogens (tertiary/aromatic N) is 5. The van der Waals surface area contributed by atoms with Gasteiger partial charge in [0.2, 0.25) is 0 Å². The Hall–Kier alpha value is -3.39. The Morgan fingerprint density at radius 2 is 1.93 bits per heavy atom. The molecule has 3 heterocycles. The van der Waals surface area contributed by atoms with Crippen molar-refractivity contribution >= 4 is 29.6 Å². The number of aliphatic imine (C=N–C) groups is 1. The van der Waals surface area contributed by atoms with Gasteiger partial charge in [0.1, 0.15) is 23.8 Å². The van der Waals surface area contributed by atoms with Crippen LogP contribution >= 0.6 is 11.8 Å². The molecular weight excluding hydrogens is 386 g/mol. The van der Waals surface area contributed by atoms with Gasteiger partial charge < -0.3 is 4.74 Å². The number of hydrogen-bond donors (Lipinski definition) is 0. The summed E-state index contributed by atoms with van der Waals surface area (Å²) in [5.74, 6) is 0.624. The minimum absolute atomic E-state index is 0.0236. The number of carbonyl (C=O) groups is 1. The van der Waals surface area contributed by atoms with Crippen molar-refractivity contribution in [3.05, 3.63) is 83.3 Å². The summed E-state index contributed by atoms with van der Waals surface area (Å²) in [7, 11) is 1.63. The highest BCUT2D eigenvalue weighted by molar-refractivity contribution is 8.05. The average Bonchev–Trinajstić information content (AvgIpc) is 3.49. The van der Waals surface area contributed by atoms with Gasteiger partial charge in [0.15, 0.2) is 0 Å². The molecule has 1 aromatic heterocycles. The molecule has 3 aromatic rings. The third kappa shape index (κ3) is 3.11. The lowest BCUT2D eigenvalue weighted by Gasteiger charge is -2.23. The number of aromatic nitrogens is 3. The second-order valence-corrected chi connectivity index (χ2v) is 7.75. The molecule has 0 N–H and O–H groups in total. The fourth-order valence-corrected chi connectivity index (χ4v) is 4.76. The molecule has 0 spiro atoms. The third-order valence-corrected chi connectivity index (χ3v) is 6.17. The number of methoxy groups -OCH3 is 1. The van der Waals surface area contributed by atoms with Crippen molar-refractivity contribution in [3.63, 3.8) is 0 Å². The number of benzene rings is 2. The second kappa shape index (κ2) is 7.21. The molecule has 7 nitrogen and oxygen atoms in total. The zero-order valence-corrected chi connectivity index (χ0v) is 16.4. The van der Waals surface area contributed by atoms with E-state index in [9.17, 15) is 4.79 Å². The van der Waals surface area contributed by atoms with Crippen LogP contribution < -0.4 is 9.75 Å². The zero-order chi connectivity index (χ0) is 19.8. The number of fused-ring (bicyclic) bond motifs is 1. The zero-order valence-electron chi connectivity index (χ0n) is 15.5. The number of ether oxygens (including phenoxy) is 1. The molecule has 1 fully saturated rings. The van der Waals surface area contributed by atoms with Crippen LogP contribution in [0.25, 0.3) is 0 Å². The van der Waals surface area contributed by atoms with Crippen molar-refractivity contribution < 1.29 is 9.53 Å². The van der Waals surface area contributed by atoms with E-state index in [0.717, 1.165) is 22.6 Å². The highest BCUT2D eigenvalue weighted by Crippen LogP contribution is 2.46. The van der Waals surface area contributed by atoms with E-state index in [1.165, 1.54) is 24.4 Å². The molecular formula is C21H17N5O2S. The highest BCUT2D eigenvalue weighted by atomic mass is 32.2. The average molecular weight is 403 g/mol. The third-order valence-electron chi connectivity index (χ3n) is 4.91. The number of rotatable bonds is 4. The number of amides is 1. The Morgan fingerprint density at radius 3 is 2.76 bits per heavy atom. The van der Waals surface area contributed by atoms with Gasteiger partial charge in [-0.15, -0.1) is 10.2 Å². The standard InChI is InChI=1S/C21H17N5O2S/c1-28-16-6-4-5-14(9-16)21-26(25-12-23-24-13-25)20(27)19(29-21)10-15-11-22-18-8-3-2-7-17(15)18/h2-13,15,21H,1H3/b19-10-. The Kier molecular flexibility index (Phi) is 4.40. The largest absolute Gasteiger partial charge is 0.497 e. The van der Waals surface area contributed by atoms with Crippen LogP contribution in [-0.2, 0) is 4.79 Å². The molecule has 144 valence electrons. The van der Waals surface area contributed by atoms with Gasteiger partial charge in [-0.25, -0.2) is 9.69 Å². The van der Waals surface area contributed by atoms with Crippen LogP contribution in [0.4, 0.5) is 5.69 Å². The smallest absolute Gasteiger partial charge is 0.280 e. The number of thioether (sulfide) groups is 1. The molecule has 0 bridgehead atoms. The van der Waals surface area contributed by atoms with E-state index in [2.05, 4.69) is 15.2 Å². The van der Waals surface area contributed by atoms with Crippen LogP contribution in [0.2, 0.25) is 0 Å². The molecule has 2 aromatic carbocycles. The van der Waals surface area contributed by atoms with Crippen molar-refractivity contribution in [1.29, 1.82) is 0 Å². The first-order valence-electron chi connectivity index (χ1n) is 9.08. The van der Waals surface area contributed by atoms with Crippen molar-refractivity contribution in [2.24, 2.45) is 4.99 Å². The SMILES string of the molecule is COc1cccc(C2S/C(=C\C3C=Nc4ccccc43)C(=O)N2n2cnnc2)c1. The molecule has 5 rings (SSSR count). The summed E-state index contributed by atoms with van der Waals surface area (Å²) in [6.45, 7) is 0. The molecule has 0 aliphatic carbocycles. The quantitative estimate of drug-likeness (QED) is 0.623. The van der Waals surface area contributed by atoms with Crippen molar-refractivity contribution in [2.75, 3.05) is 12.1 Å². The van der Waals surface area contributed by atoms with Gasteiger partial charge in [0.25, 0.3) is 5.91 Å². The molecule has 2 aliphatic heterocycles. The predicted molar refractivity (Wildman–Crippen MR) is 112 cm³/mol. The molecule has 2 aliphatic rings. The molecule has 29 heavy (non-hydrogen) atoms. The van der Waals surface area contributed by atoms with E-state index in [4.69, 9.17) is 4.74 Å². The summed E-state index contributed by atoms with van der Waals surface area (Å²) in [5, 5.41) is 9.13. The summed E-state index contributed by atoms with van der Waals surface area (Å²) >= 11 is 1.50. The van der Waals surface area contributed by atoms with Crippen LogP contribution in [0.5, 0.6) is 5.75 Å². The second-order valence-electron chi connectivity index (χ2n) is 6.63. The Labute approximate surface area is 171 Å². The summed E-state index contributed by atoms with van der Waals surface area (Å²) in [4.78, 5) is 18.5. The van der Waals surface area contributed by atoms with Gasteiger partial charge >= 0.3 is 0 Å². The lowest BCUT2D eigenvalue weighted by molar-refractivity contribution is -0.115. The monoisotopic (exact) mass is 403 g/mol. The van der Waals surface area contributed by atoms with Crippen LogP contribution in [-0.4, -0.2) is 34.1 Å². The summed E-state index contributed by atoms with van der Waals surface area (Å²) in [5.41, 5.74) is 3.01. The number of hydrogen-bond acceptors (Lipinski definition) is 6. The van der Waals surface area contributed by atoms with E-state index >= 15 is 0 Å². The minimum Gasteiger partial charge on any atom is -0.497 e. The lowest BCUT2D eigenvalue weighted by atomic mass is 10.0. The molecule has 8 heteroatoms. The summed E-state index contributed by atoms with van der Waals surface area (Å²) < 4.78 is 6.99. The van der Waals surface area contributed by atoms with Gasteiger partial charge in [-0.1, -0.05) is 48.2 Å². The topological polar surface area (TPSA) is 72.6 Å². The molecule has 1 saturated heterocycles. The lowest BCUT2D eigenvalue weighted by Crippen LogP contribution is -2.37. The van der Waals surface area contributed by atoms with Crippen LogP contribution in [0.1, 0.15) is 22.4 Å². The van der Waals surface area contributed by atoms with Crippen molar-refractivity contribution in [2.45, 2.75) is 11.3 Å². The van der Waals surface area contributed by atoms with E-state index in [-0.39, 0.29) is 17.2 Å². The van der Waals surface area contributed by atoms with Crippen LogP contribution in [0.15, 0.2) is 77.2 Å². The van der Waals surface area contributed by atoms with Gasteiger partial charge in [-0.2, -0.15) is 0 Å². The molecule has 1 amide bonds. The van der Waals surface area contributed by atoms with Crippen molar-refractivity contribution in [1.82, 2.24) is 14.9 Å². The van der Waals surface area contributed by atoms with E-state index < -0.39 is 0 Å². The van der Waals surface area contributed by atoms with E-state index in [0.29, 0.717) is 4.91 Å². The molecule has 2 atom stereocenters. The first kappa shape index (κ1) is 17.7. The Balaban J connectivity index is 1.54. The maximum absolute atomic E-state index is 13.3. The number of para-hydroxylation sites is 1. The molecule has 0 radical (unpaired) electrons. The van der Waals surface area contributed by atoms with Crippen molar-refractivity contribution in [3.8, 4) is 5.75 Å². The maximum atomic E-state index is 13.3. The molecule has 2 unspecified atom stereocenters. The fourth-order valence-electron chi connectivity index (χ4n) is 3.51. The van der Waals surface area contributed by atoms with Gasteiger partial charge in [0, 0.05) is 12.1 Å². The van der Waals surface area contributed by atoms with E-state index in [1.54, 1.807) is 16.8 Å². The summed E-state index contributed by atoms with van der Waals surface area (Å²) in [6, 6.07) is 15.7. The van der Waals surface area contributed by atoms with Gasteiger partial charge in [-0.3, -0.25) is 9.79 Å². The first-order chi connectivity index (χ1) is 14.2. The Morgan fingerprint density at radius 1 is 1.10 bits per heavy atom. The van der Waals surface area contributed by atoms with E-state index in [1.807, 2.05) is 60.8 Å². The maximum Gasteiger partial charge on any atom is 0.280 e. The Bertz CT molecular complexity index is 1130. The number of carbonyl (C=O) groups excluding carboxylic acids is 1. The minimum atomic E-state index is -0.256. The van der Waals surface area contributed by atoms with Crippen LogP contribution in [0, 0.1) is 0 Å². The van der Waals surface area contributed by atoms with Gasteiger partial charge in [-0.05, 0) is 29.3 Å². The van der Waals surface area contributed by atoms with Crippen LogP contribution in [0.3, 0.4) is 0 Å². The normalized spacial score (nSPS) is 21.8. The fraction of sp³-hybridized carbons (Fsp3) is 0.143. The predicted octanol–water partition coefficient (Wildman–Crippen LogP) is 3.58. The molecule has 0 saturated carbocycles. The summed E-state index contributed by atoms with van der Waals surface area (Å²) in [6.07, 6.45) is 6.93. The van der Waals surface area contributed by atoms with Gasteiger partial charge in [0.05, 0.1) is 17.7 Å². The number of allylic oxidation sites excluding steroid dienone is 1. The first-order valence-corrected chi connectivity index (χ1v) is 9.96. The highest BCUT2D eigenvalue weighted by Gasteiger charge is 2.39.